The van der Waals surface area contributed by atoms with Gasteiger partial charge in [0, 0.05) is 12.3 Å². The summed E-state index contributed by atoms with van der Waals surface area (Å²) in [4.78, 5) is 29.2. The first-order valence-electron chi connectivity index (χ1n) is 9.10. The number of esters is 1. The lowest BCUT2D eigenvalue weighted by Gasteiger charge is -2.18. The van der Waals surface area contributed by atoms with E-state index in [0.29, 0.717) is 5.69 Å². The number of benzene rings is 2. The quantitative estimate of drug-likeness (QED) is 0.356. The lowest BCUT2D eigenvalue weighted by molar-refractivity contribution is -0.147. The summed E-state index contributed by atoms with van der Waals surface area (Å²) < 4.78 is 62.3. The molecular weight excluding hydrogens is 452 g/mol. The number of hydrogen-bond acceptors (Lipinski definition) is 6. The van der Waals surface area contributed by atoms with Crippen LogP contribution in [-0.4, -0.2) is 23.5 Å². The molecule has 3 rings (SSSR count). The van der Waals surface area contributed by atoms with E-state index < -0.39 is 36.0 Å². The van der Waals surface area contributed by atoms with Crippen molar-refractivity contribution in [2.75, 3.05) is 11.5 Å². The van der Waals surface area contributed by atoms with Gasteiger partial charge in [-0.1, -0.05) is 18.2 Å². The highest BCUT2D eigenvalue weighted by Gasteiger charge is 2.30. The van der Waals surface area contributed by atoms with E-state index in [4.69, 9.17) is 9.47 Å². The molecule has 6 nitrogen and oxygen atoms in total. The molecule has 3 aromatic rings. The van der Waals surface area contributed by atoms with Gasteiger partial charge in [0.1, 0.15) is 18.2 Å². The van der Waals surface area contributed by atoms with Gasteiger partial charge in [0.15, 0.2) is 11.7 Å². The number of aromatic nitrogens is 1. The summed E-state index contributed by atoms with van der Waals surface area (Å²) in [5, 5.41) is 1.72. The van der Waals surface area contributed by atoms with Gasteiger partial charge < -0.3 is 9.47 Å². The highest BCUT2D eigenvalue weighted by atomic mass is 32.1. The zero-order valence-corrected chi connectivity index (χ0v) is 17.4. The first kappa shape index (κ1) is 23.2. The number of anilines is 2. The fourth-order valence-electron chi connectivity index (χ4n) is 2.61. The second-order valence-electron chi connectivity index (χ2n) is 6.40. The average Bonchev–Trinajstić information content (AvgIpc) is 3.20. The number of nitrogens with zero attached hydrogens (tertiary/aromatic N) is 2. The van der Waals surface area contributed by atoms with Crippen LogP contribution < -0.4 is 9.64 Å². The number of alkyl halides is 3. The number of carbonyl (C=O) groups excluding carboxylic acids is 2. The predicted molar refractivity (Wildman–Crippen MR) is 108 cm³/mol. The Kier molecular flexibility index (Phi) is 7.08. The third-order valence-electron chi connectivity index (χ3n) is 4.04. The molecule has 0 bridgehead atoms. The number of carbonyl (C=O) groups is 2. The predicted octanol–water partition coefficient (Wildman–Crippen LogP) is 5.11. The van der Waals surface area contributed by atoms with E-state index in [1.807, 2.05) is 0 Å². The Morgan fingerprint density at radius 2 is 1.88 bits per heavy atom. The number of amides is 1. The zero-order chi connectivity index (χ0) is 23.3. The maximum Gasteiger partial charge on any atom is 0.416 e. The van der Waals surface area contributed by atoms with Crippen LogP contribution in [0.25, 0.3) is 0 Å². The number of thiazole rings is 1. The Labute approximate surface area is 184 Å². The molecule has 2 aromatic carbocycles. The number of halogens is 4. The Balaban J connectivity index is 1.58. The minimum Gasteiger partial charge on any atom is -0.482 e. The van der Waals surface area contributed by atoms with Crippen molar-refractivity contribution in [2.45, 2.75) is 19.7 Å². The molecule has 1 amide bonds. The molecule has 1 heterocycles. The first-order chi connectivity index (χ1) is 15.1. The summed E-state index contributed by atoms with van der Waals surface area (Å²) >= 11 is 1.05. The van der Waals surface area contributed by atoms with Crippen molar-refractivity contribution in [2.24, 2.45) is 0 Å². The molecule has 0 radical (unpaired) electrons. The largest absolute Gasteiger partial charge is 0.482 e. The third kappa shape index (κ3) is 5.82. The average molecular weight is 468 g/mol. The second kappa shape index (κ2) is 9.77. The first-order valence-corrected chi connectivity index (χ1v) is 9.98. The molecule has 0 atom stereocenters. The molecule has 0 aliphatic carbocycles. The van der Waals surface area contributed by atoms with Gasteiger partial charge >= 0.3 is 12.1 Å². The van der Waals surface area contributed by atoms with Gasteiger partial charge in [-0.3, -0.25) is 9.69 Å². The number of para-hydroxylation sites is 1. The van der Waals surface area contributed by atoms with Gasteiger partial charge in [-0.05, 0) is 30.3 Å². The van der Waals surface area contributed by atoms with Gasteiger partial charge in [-0.15, -0.1) is 11.3 Å². The van der Waals surface area contributed by atoms with E-state index >= 15 is 0 Å². The zero-order valence-electron chi connectivity index (χ0n) is 16.6. The Hall–Kier alpha value is -3.47. The summed E-state index contributed by atoms with van der Waals surface area (Å²) in [6.45, 7) is 0.399. The third-order valence-corrected chi connectivity index (χ3v) is 4.91. The van der Waals surface area contributed by atoms with Crippen molar-refractivity contribution in [3.05, 3.63) is 71.0 Å². The molecule has 0 aliphatic heterocycles. The molecule has 0 aliphatic rings. The molecule has 0 saturated heterocycles. The highest BCUT2D eigenvalue weighted by molar-refractivity contribution is 7.14. The van der Waals surface area contributed by atoms with Crippen LogP contribution in [0.1, 0.15) is 18.2 Å². The van der Waals surface area contributed by atoms with E-state index in [9.17, 15) is 27.2 Å². The fraction of sp³-hybridized carbons (Fsp3) is 0.190. The van der Waals surface area contributed by atoms with Crippen LogP contribution in [0, 0.1) is 5.82 Å². The maximum atomic E-state index is 14.1. The van der Waals surface area contributed by atoms with Gasteiger partial charge in [-0.25, -0.2) is 14.2 Å². The van der Waals surface area contributed by atoms with Crippen molar-refractivity contribution >= 4 is 34.0 Å². The number of rotatable bonds is 7. The van der Waals surface area contributed by atoms with Crippen LogP contribution >= 0.6 is 11.3 Å². The summed E-state index contributed by atoms with van der Waals surface area (Å²) in [7, 11) is 0. The SMILES string of the molecule is CC(=O)N(c1nc(COC(=O)COc2cccc(C(F)(F)F)c2)cs1)c1ccccc1F. The van der Waals surface area contributed by atoms with Crippen LogP contribution in [0.2, 0.25) is 0 Å². The lowest BCUT2D eigenvalue weighted by Crippen LogP contribution is -2.23. The molecule has 0 N–H and O–H groups in total. The van der Waals surface area contributed by atoms with Crippen LogP contribution in [0.4, 0.5) is 28.4 Å². The normalized spacial score (nSPS) is 11.2. The Morgan fingerprint density at radius 3 is 2.56 bits per heavy atom. The van der Waals surface area contributed by atoms with Crippen LogP contribution in [0.3, 0.4) is 0 Å². The fourth-order valence-corrected chi connectivity index (χ4v) is 3.47. The van der Waals surface area contributed by atoms with E-state index in [1.165, 1.54) is 36.6 Å². The van der Waals surface area contributed by atoms with Crippen molar-refractivity contribution in [1.29, 1.82) is 0 Å². The maximum absolute atomic E-state index is 14.1. The summed E-state index contributed by atoms with van der Waals surface area (Å²) in [6, 6.07) is 9.83. The van der Waals surface area contributed by atoms with Gasteiger partial charge in [0.05, 0.1) is 16.9 Å². The minimum atomic E-state index is -4.53. The van der Waals surface area contributed by atoms with Crippen LogP contribution in [-0.2, 0) is 27.1 Å². The van der Waals surface area contributed by atoms with Crippen molar-refractivity contribution in [3.63, 3.8) is 0 Å². The molecule has 0 fully saturated rings. The van der Waals surface area contributed by atoms with Crippen LogP contribution in [0.5, 0.6) is 5.75 Å². The standard InChI is InChI=1S/C21H16F4N2O4S/c1-13(28)27(18-8-3-2-7-17(18)22)20-26-15(12-32-20)10-31-19(29)11-30-16-6-4-5-14(9-16)21(23,24)25/h2-9,12H,10-11H2,1H3. The summed E-state index contributed by atoms with van der Waals surface area (Å²) in [6.07, 6.45) is -4.53. The van der Waals surface area contributed by atoms with Gasteiger partial charge in [-0.2, -0.15) is 13.2 Å². The summed E-state index contributed by atoms with van der Waals surface area (Å²) in [5.41, 5.74) is -0.560. The van der Waals surface area contributed by atoms with E-state index in [2.05, 4.69) is 4.98 Å². The van der Waals surface area contributed by atoms with Gasteiger partial charge in [0.25, 0.3) is 0 Å². The van der Waals surface area contributed by atoms with Crippen molar-refractivity contribution < 1.29 is 36.6 Å². The topological polar surface area (TPSA) is 68.7 Å². The Bertz CT molecular complexity index is 1120. The molecule has 1 aromatic heterocycles. The monoisotopic (exact) mass is 468 g/mol. The van der Waals surface area contributed by atoms with Crippen molar-refractivity contribution in [1.82, 2.24) is 4.98 Å². The van der Waals surface area contributed by atoms with Gasteiger partial charge in [0.2, 0.25) is 5.91 Å². The molecule has 168 valence electrons. The van der Waals surface area contributed by atoms with Crippen molar-refractivity contribution in [3.8, 4) is 5.75 Å². The Morgan fingerprint density at radius 1 is 1.12 bits per heavy atom. The number of ether oxygens (including phenoxy) is 2. The highest BCUT2D eigenvalue weighted by Crippen LogP contribution is 2.32. The molecule has 11 heteroatoms. The van der Waals surface area contributed by atoms with E-state index in [1.54, 1.807) is 6.07 Å². The van der Waals surface area contributed by atoms with E-state index in [-0.39, 0.29) is 23.2 Å². The van der Waals surface area contributed by atoms with E-state index in [0.717, 1.165) is 34.4 Å². The smallest absolute Gasteiger partial charge is 0.416 e. The molecular formula is C21H16F4N2O4S. The lowest BCUT2D eigenvalue weighted by atomic mass is 10.2. The molecule has 0 unspecified atom stereocenters. The molecule has 0 saturated carbocycles. The second-order valence-corrected chi connectivity index (χ2v) is 7.24. The van der Waals surface area contributed by atoms with Crippen LogP contribution in [0.15, 0.2) is 53.9 Å². The minimum absolute atomic E-state index is 0.0346. The molecule has 32 heavy (non-hydrogen) atoms. The summed E-state index contributed by atoms with van der Waals surface area (Å²) in [5.74, 6) is -2.01. The molecule has 0 spiro atoms. The number of hydrogen-bond donors (Lipinski definition) is 0.